The maximum absolute atomic E-state index is 12.6. The Bertz CT molecular complexity index is 888. The zero-order valence-electron chi connectivity index (χ0n) is 15.0. The first-order chi connectivity index (χ1) is 13.5. The molecule has 0 aromatic heterocycles. The maximum Gasteiger partial charge on any atom is 0.416 e. The van der Waals surface area contributed by atoms with Gasteiger partial charge in [-0.2, -0.15) is 13.2 Å². The number of carbonyl (C=O) groups is 2. The third kappa shape index (κ3) is 6.09. The molecule has 0 unspecified atom stereocenters. The van der Waals surface area contributed by atoms with E-state index >= 15 is 0 Å². The number of aliphatic hydroxyl groups is 1. The van der Waals surface area contributed by atoms with Gasteiger partial charge in [0.1, 0.15) is 6.04 Å². The summed E-state index contributed by atoms with van der Waals surface area (Å²) < 4.78 is 42.6. The van der Waals surface area contributed by atoms with E-state index in [4.69, 9.17) is 23.2 Å². The molecule has 0 bridgehead atoms. The molecule has 0 aliphatic carbocycles. The lowest BCUT2D eigenvalue weighted by atomic mass is 10.0. The number of aliphatic hydroxyl groups excluding tert-OH is 1. The van der Waals surface area contributed by atoms with Crippen LogP contribution in [0.15, 0.2) is 42.5 Å². The van der Waals surface area contributed by atoms with Crippen LogP contribution in [0.2, 0.25) is 10.0 Å². The molecule has 1 amide bonds. The van der Waals surface area contributed by atoms with E-state index in [0.717, 1.165) is 31.4 Å². The monoisotopic (exact) mass is 449 g/mol. The van der Waals surface area contributed by atoms with Crippen molar-refractivity contribution in [2.75, 3.05) is 7.11 Å². The minimum absolute atomic E-state index is 0.0475. The second kappa shape index (κ2) is 9.47. The fraction of sp³-hybridized carbons (Fsp3) is 0.263. The van der Waals surface area contributed by atoms with Crippen LogP contribution in [0, 0.1) is 0 Å². The molecule has 0 heterocycles. The van der Waals surface area contributed by atoms with E-state index in [1.807, 2.05) is 0 Å². The number of rotatable bonds is 6. The van der Waals surface area contributed by atoms with Crippen molar-refractivity contribution >= 4 is 35.1 Å². The SMILES string of the molecule is COC(=O)[C@@H](Cc1ccc(Cl)cc1Cl)NC(=O)[C@H](O)c1ccc(C(F)(F)F)cc1. The third-order valence-corrected chi connectivity index (χ3v) is 4.63. The van der Waals surface area contributed by atoms with Crippen LogP contribution in [0.4, 0.5) is 13.2 Å². The van der Waals surface area contributed by atoms with E-state index in [9.17, 15) is 27.9 Å². The zero-order valence-corrected chi connectivity index (χ0v) is 16.5. The highest BCUT2D eigenvalue weighted by atomic mass is 35.5. The quantitative estimate of drug-likeness (QED) is 0.654. The topological polar surface area (TPSA) is 75.6 Å². The number of carbonyl (C=O) groups excluding carboxylic acids is 2. The van der Waals surface area contributed by atoms with Gasteiger partial charge in [-0.3, -0.25) is 4.79 Å². The van der Waals surface area contributed by atoms with E-state index in [-0.39, 0.29) is 17.0 Å². The molecule has 2 rings (SSSR count). The van der Waals surface area contributed by atoms with Crippen molar-refractivity contribution < 1.29 is 32.6 Å². The van der Waals surface area contributed by atoms with Crippen LogP contribution in [-0.2, 0) is 26.9 Å². The number of alkyl halides is 3. The normalized spacial score (nSPS) is 13.5. The van der Waals surface area contributed by atoms with Gasteiger partial charge in [0.15, 0.2) is 6.10 Å². The highest BCUT2D eigenvalue weighted by Gasteiger charge is 2.31. The van der Waals surface area contributed by atoms with Crippen LogP contribution in [0.1, 0.15) is 22.8 Å². The molecule has 0 aliphatic rings. The third-order valence-electron chi connectivity index (χ3n) is 4.04. The first-order valence-corrected chi connectivity index (χ1v) is 8.96. The molecule has 2 atom stereocenters. The fourth-order valence-electron chi connectivity index (χ4n) is 2.50. The van der Waals surface area contributed by atoms with Crippen LogP contribution in [0.25, 0.3) is 0 Å². The number of hydrogen-bond acceptors (Lipinski definition) is 4. The molecule has 156 valence electrons. The molecular formula is C19H16Cl2F3NO4. The Kier molecular flexibility index (Phi) is 7.51. The summed E-state index contributed by atoms with van der Waals surface area (Å²) in [5.41, 5.74) is -0.488. The fourth-order valence-corrected chi connectivity index (χ4v) is 2.98. The van der Waals surface area contributed by atoms with E-state index in [2.05, 4.69) is 10.1 Å². The summed E-state index contributed by atoms with van der Waals surface area (Å²) >= 11 is 11.9. The summed E-state index contributed by atoms with van der Waals surface area (Å²) in [4.78, 5) is 24.4. The second-order valence-corrected chi connectivity index (χ2v) is 6.89. The lowest BCUT2D eigenvalue weighted by Gasteiger charge is -2.20. The Morgan fingerprint density at radius 2 is 1.76 bits per heavy atom. The maximum atomic E-state index is 12.6. The van der Waals surface area contributed by atoms with E-state index in [1.54, 1.807) is 12.1 Å². The average Bonchev–Trinajstić information content (AvgIpc) is 2.67. The number of halogens is 5. The van der Waals surface area contributed by atoms with E-state index in [0.29, 0.717) is 10.6 Å². The van der Waals surface area contributed by atoms with Crippen molar-refractivity contribution in [2.24, 2.45) is 0 Å². The van der Waals surface area contributed by atoms with Crippen LogP contribution in [-0.4, -0.2) is 30.1 Å². The number of methoxy groups -OCH3 is 1. The van der Waals surface area contributed by atoms with Crippen molar-refractivity contribution in [2.45, 2.75) is 24.7 Å². The van der Waals surface area contributed by atoms with Crippen molar-refractivity contribution in [1.29, 1.82) is 0 Å². The Morgan fingerprint density at radius 3 is 2.28 bits per heavy atom. The molecule has 2 aromatic rings. The van der Waals surface area contributed by atoms with Gasteiger partial charge in [0.05, 0.1) is 12.7 Å². The minimum atomic E-state index is -4.54. The van der Waals surface area contributed by atoms with Gasteiger partial charge in [-0.1, -0.05) is 41.4 Å². The summed E-state index contributed by atoms with van der Waals surface area (Å²) in [5.74, 6) is -1.77. The molecule has 0 fully saturated rings. The molecule has 10 heteroatoms. The van der Waals surface area contributed by atoms with E-state index < -0.39 is 35.8 Å². The number of nitrogens with one attached hydrogen (secondary N) is 1. The van der Waals surface area contributed by atoms with Crippen LogP contribution in [0.3, 0.4) is 0 Å². The molecule has 0 saturated heterocycles. The molecule has 0 radical (unpaired) electrons. The van der Waals surface area contributed by atoms with Gasteiger partial charge >= 0.3 is 12.1 Å². The largest absolute Gasteiger partial charge is 0.467 e. The molecular weight excluding hydrogens is 434 g/mol. The number of ether oxygens (including phenoxy) is 1. The number of benzene rings is 2. The molecule has 0 aliphatic heterocycles. The smallest absolute Gasteiger partial charge is 0.416 e. The summed E-state index contributed by atoms with van der Waals surface area (Å²) in [6.07, 6.45) is -6.38. The molecule has 2 aromatic carbocycles. The summed E-state index contributed by atoms with van der Waals surface area (Å²) in [6.45, 7) is 0. The van der Waals surface area contributed by atoms with Crippen LogP contribution in [0.5, 0.6) is 0 Å². The lowest BCUT2D eigenvalue weighted by molar-refractivity contribution is -0.146. The Hall–Kier alpha value is -2.29. The Balaban J connectivity index is 2.15. The number of esters is 1. The van der Waals surface area contributed by atoms with Gasteiger partial charge in [0.2, 0.25) is 0 Å². The summed E-state index contributed by atoms with van der Waals surface area (Å²) in [7, 11) is 1.12. The predicted octanol–water partition coefficient (Wildman–Crippen LogP) is 3.95. The Morgan fingerprint density at radius 1 is 1.14 bits per heavy atom. The first kappa shape index (κ1) is 23.0. The van der Waals surface area contributed by atoms with Gasteiger partial charge in [-0.05, 0) is 35.4 Å². The minimum Gasteiger partial charge on any atom is -0.467 e. The summed E-state index contributed by atoms with van der Waals surface area (Å²) in [5, 5.41) is 13.1. The Labute approximate surface area is 174 Å². The molecule has 0 spiro atoms. The van der Waals surface area contributed by atoms with Gasteiger partial charge in [-0.25, -0.2) is 4.79 Å². The van der Waals surface area contributed by atoms with Crippen molar-refractivity contribution in [1.82, 2.24) is 5.32 Å². The standard InChI is InChI=1S/C19H16Cl2F3NO4/c1-29-18(28)15(8-11-4-7-13(20)9-14(11)21)25-17(27)16(26)10-2-5-12(6-3-10)19(22,23)24/h2-7,9,15-16,26H,8H2,1H3,(H,25,27)/t15-,16-/m1/s1. The molecule has 29 heavy (non-hydrogen) atoms. The number of amides is 1. The first-order valence-electron chi connectivity index (χ1n) is 8.20. The van der Waals surface area contributed by atoms with Crippen molar-refractivity contribution in [3.05, 3.63) is 69.2 Å². The van der Waals surface area contributed by atoms with Crippen LogP contribution >= 0.6 is 23.2 Å². The highest BCUT2D eigenvalue weighted by Crippen LogP contribution is 2.30. The van der Waals surface area contributed by atoms with Gasteiger partial charge < -0.3 is 15.2 Å². The van der Waals surface area contributed by atoms with E-state index in [1.165, 1.54) is 6.07 Å². The zero-order chi connectivity index (χ0) is 21.8. The van der Waals surface area contributed by atoms with Gasteiger partial charge in [0, 0.05) is 16.5 Å². The molecule has 5 nitrogen and oxygen atoms in total. The second-order valence-electron chi connectivity index (χ2n) is 6.05. The average molecular weight is 450 g/mol. The van der Waals surface area contributed by atoms with Crippen LogP contribution < -0.4 is 5.32 Å². The predicted molar refractivity (Wildman–Crippen MR) is 101 cm³/mol. The van der Waals surface area contributed by atoms with Crippen molar-refractivity contribution in [3.63, 3.8) is 0 Å². The number of hydrogen-bond donors (Lipinski definition) is 2. The highest BCUT2D eigenvalue weighted by molar-refractivity contribution is 6.35. The van der Waals surface area contributed by atoms with Gasteiger partial charge in [-0.15, -0.1) is 0 Å². The molecule has 2 N–H and O–H groups in total. The summed E-state index contributed by atoms with van der Waals surface area (Å²) in [6, 6.07) is 6.86. The molecule has 0 saturated carbocycles. The lowest BCUT2D eigenvalue weighted by Crippen LogP contribution is -2.45. The van der Waals surface area contributed by atoms with Gasteiger partial charge in [0.25, 0.3) is 5.91 Å². The van der Waals surface area contributed by atoms with Crippen molar-refractivity contribution in [3.8, 4) is 0 Å².